The Bertz CT molecular complexity index is 69.0. The first kappa shape index (κ1) is 0.949. The largest absolute Gasteiger partial charge is 0.330 e. The molecule has 0 rings (SSSR count). The van der Waals surface area contributed by atoms with E-state index in [1.54, 1.807) is 0 Å². The van der Waals surface area contributed by atoms with E-state index in [9.17, 15) is 0 Å². The molecule has 1 nitrogen and oxygen atoms in total. The van der Waals surface area contributed by atoms with Crippen LogP contribution in [0, 0.1) is 0 Å². The molecule has 0 atom stereocenters. The normalized spacial score (nSPS) is 29.5. The molecule has 26 valence electrons. The van der Waals surface area contributed by atoms with Crippen LogP contribution in [0.5, 0.6) is 0 Å². The van der Waals surface area contributed by atoms with Crippen molar-refractivity contribution in [1.82, 2.24) is 0 Å². The molecule has 2 heteroatoms. The molecule has 0 unspecified atom stereocenters. The highest BCUT2D eigenvalue weighted by molar-refractivity contribution is 9.09. The van der Waals surface area contributed by atoms with E-state index in [1.165, 1.54) is 0 Å². The fourth-order valence-corrected chi connectivity index (χ4v) is 0. The second-order valence-electron chi connectivity index (χ2n) is 0.239. The summed E-state index contributed by atoms with van der Waals surface area (Å²) >= 11 is 2.43. The van der Waals surface area contributed by atoms with Gasteiger partial charge >= 0.3 is 0 Å². The smallest absolute Gasteiger partial charge is 0.0434 e. The maximum atomic E-state index is 6.67. The second-order valence-corrected chi connectivity index (χ2v) is 0.635. The van der Waals surface area contributed by atoms with Gasteiger partial charge in [-0.3, -0.25) is 0 Å². The molecule has 0 saturated carbocycles. The van der Waals surface area contributed by atoms with Crippen LogP contribution in [0.15, 0.2) is 0 Å². The summed E-state index contributed by atoms with van der Waals surface area (Å²) in [5.41, 5.74) is 4.72. The highest BCUT2D eigenvalue weighted by Crippen LogP contribution is 1.67. The molecule has 0 aliphatic rings. The molecular weight excluding hydrogens is 118 g/mol. The van der Waals surface area contributed by atoms with Gasteiger partial charge in [-0.15, -0.1) is 0 Å². The quantitative estimate of drug-likeness (QED) is 0.506. The zero-order chi connectivity index (χ0) is 7.00. The summed E-state index contributed by atoms with van der Waals surface area (Å²) in [6, 6.07) is 0. The number of hydrogen-bond acceptors (Lipinski definition) is 1. The standard InChI is InChI=1S/C2H6BrN/c3-1-2-4/h1-2,4H2/i1D2,2D2. The maximum absolute atomic E-state index is 6.67. The van der Waals surface area contributed by atoms with Crippen molar-refractivity contribution >= 4 is 15.9 Å². The van der Waals surface area contributed by atoms with Crippen LogP contribution < -0.4 is 5.73 Å². The monoisotopic (exact) mass is 127 g/mol. The summed E-state index contributed by atoms with van der Waals surface area (Å²) in [5.74, 6) is 0. The van der Waals surface area contributed by atoms with Crippen LogP contribution in [-0.4, -0.2) is 11.8 Å². The van der Waals surface area contributed by atoms with Crippen LogP contribution in [0.1, 0.15) is 5.48 Å². The molecule has 0 amide bonds. The minimum Gasteiger partial charge on any atom is -0.330 e. The fraction of sp³-hybridized carbons (Fsp3) is 1.00. The van der Waals surface area contributed by atoms with E-state index < -0.39 is 11.8 Å². The average molecular weight is 128 g/mol. The molecule has 0 saturated heterocycles. The topological polar surface area (TPSA) is 26.0 Å². The fourth-order valence-electron chi connectivity index (χ4n) is 0. The van der Waals surface area contributed by atoms with Gasteiger partial charge in [-0.05, 0) is 0 Å². The van der Waals surface area contributed by atoms with E-state index >= 15 is 0 Å². The molecule has 0 aliphatic carbocycles. The Kier molecular flexibility index (Phi) is 0.816. The van der Waals surface area contributed by atoms with Gasteiger partial charge in [-0.25, -0.2) is 0 Å². The first-order valence-corrected chi connectivity index (χ1v) is 1.52. The molecule has 0 aromatic rings. The van der Waals surface area contributed by atoms with Gasteiger partial charge in [-0.1, -0.05) is 15.9 Å². The first-order chi connectivity index (χ1) is 3.25. The van der Waals surface area contributed by atoms with Crippen molar-refractivity contribution in [3.05, 3.63) is 0 Å². The van der Waals surface area contributed by atoms with Crippen LogP contribution in [0.3, 0.4) is 0 Å². The molecule has 0 spiro atoms. The average Bonchev–Trinajstić information content (AvgIpc) is 1.25. The third kappa shape index (κ3) is 2.44. The van der Waals surface area contributed by atoms with E-state index in [1.807, 2.05) is 0 Å². The molecule has 0 bridgehead atoms. The van der Waals surface area contributed by atoms with Gasteiger partial charge in [0.1, 0.15) is 0 Å². The van der Waals surface area contributed by atoms with E-state index in [4.69, 9.17) is 11.2 Å². The predicted molar refractivity (Wildman–Crippen MR) is 22.8 cm³/mol. The minimum absolute atomic E-state index is 2.14. The second kappa shape index (κ2) is 3.44. The molecule has 0 aromatic carbocycles. The summed E-state index contributed by atoms with van der Waals surface area (Å²) < 4.78 is 26.5. The van der Waals surface area contributed by atoms with Crippen LogP contribution in [0.4, 0.5) is 0 Å². The Morgan fingerprint density at radius 2 is 2.50 bits per heavy atom. The Balaban J connectivity index is 4.02. The highest BCUT2D eigenvalue weighted by Gasteiger charge is 1.57. The summed E-state index contributed by atoms with van der Waals surface area (Å²) in [5, 5.41) is -2.14. The Morgan fingerprint density at radius 1 is 2.25 bits per heavy atom. The number of halogens is 1. The van der Waals surface area contributed by atoms with Crippen molar-refractivity contribution in [1.29, 1.82) is 0 Å². The van der Waals surface area contributed by atoms with Crippen LogP contribution in [0.2, 0.25) is 0 Å². The number of hydrogen-bond donors (Lipinski definition) is 1. The summed E-state index contributed by atoms with van der Waals surface area (Å²) in [6.07, 6.45) is 0. The van der Waals surface area contributed by atoms with Gasteiger partial charge in [0, 0.05) is 17.3 Å². The van der Waals surface area contributed by atoms with Crippen molar-refractivity contribution in [2.75, 3.05) is 11.8 Å². The summed E-state index contributed by atoms with van der Waals surface area (Å²) in [6.45, 7) is -2.31. The number of rotatable bonds is 1. The van der Waals surface area contributed by atoms with Crippen LogP contribution in [-0.2, 0) is 0 Å². The van der Waals surface area contributed by atoms with E-state index in [0.717, 1.165) is 0 Å². The lowest BCUT2D eigenvalue weighted by Crippen LogP contribution is -1.97. The van der Waals surface area contributed by atoms with Gasteiger partial charge in [0.2, 0.25) is 0 Å². The zero-order valence-corrected chi connectivity index (χ0v) is 3.54. The van der Waals surface area contributed by atoms with Crippen molar-refractivity contribution in [2.45, 2.75) is 0 Å². The molecule has 4 heavy (non-hydrogen) atoms. The SMILES string of the molecule is [2H]C([2H])(N)C([2H])([2H])Br. The van der Waals surface area contributed by atoms with Gasteiger partial charge in [0.05, 0.1) is 0 Å². The molecule has 0 aliphatic heterocycles. The van der Waals surface area contributed by atoms with E-state index in [2.05, 4.69) is 15.9 Å². The lowest BCUT2D eigenvalue weighted by molar-refractivity contribution is 1.16. The highest BCUT2D eigenvalue weighted by atomic mass is 79.9. The zero-order valence-electron chi connectivity index (χ0n) is 5.96. The van der Waals surface area contributed by atoms with Crippen molar-refractivity contribution in [2.24, 2.45) is 5.73 Å². The molecule has 0 fully saturated rings. The Labute approximate surface area is 39.9 Å². The van der Waals surface area contributed by atoms with Crippen LogP contribution >= 0.6 is 15.9 Å². The molecule has 0 radical (unpaired) electrons. The van der Waals surface area contributed by atoms with Crippen molar-refractivity contribution in [3.8, 4) is 0 Å². The molecule has 2 N–H and O–H groups in total. The Morgan fingerprint density at radius 3 is 2.50 bits per heavy atom. The third-order valence-electron chi connectivity index (χ3n) is 0.0546. The van der Waals surface area contributed by atoms with Gasteiger partial charge < -0.3 is 5.73 Å². The summed E-state index contributed by atoms with van der Waals surface area (Å²) in [7, 11) is 0. The van der Waals surface area contributed by atoms with Gasteiger partial charge in [-0.2, -0.15) is 0 Å². The lowest BCUT2D eigenvalue weighted by atomic mass is 10.8. The first-order valence-electron chi connectivity index (χ1n) is 2.73. The minimum atomic E-state index is -2.31. The Hall–Kier alpha value is 0.440. The summed E-state index contributed by atoms with van der Waals surface area (Å²) in [4.78, 5) is 0. The maximum Gasteiger partial charge on any atom is 0.0434 e. The third-order valence-corrected chi connectivity index (χ3v) is 0.283. The number of alkyl halides is 1. The van der Waals surface area contributed by atoms with Crippen LogP contribution in [0.25, 0.3) is 0 Å². The molecule has 0 heterocycles. The van der Waals surface area contributed by atoms with Crippen molar-refractivity contribution in [3.63, 3.8) is 0 Å². The van der Waals surface area contributed by atoms with Gasteiger partial charge in [0.15, 0.2) is 0 Å². The lowest BCUT2D eigenvalue weighted by Gasteiger charge is -1.68. The molecular formula is C2H6BrN. The predicted octanol–water partition coefficient (Wildman–Crippen LogP) is 0.340. The van der Waals surface area contributed by atoms with E-state index in [-0.39, 0.29) is 0 Å². The molecule has 0 aromatic heterocycles. The van der Waals surface area contributed by atoms with Gasteiger partial charge in [0.25, 0.3) is 0 Å². The van der Waals surface area contributed by atoms with E-state index in [0.29, 0.717) is 0 Å². The number of nitrogens with two attached hydrogens (primary N) is 1. The van der Waals surface area contributed by atoms with Crippen molar-refractivity contribution < 1.29 is 5.48 Å².